The molecule has 0 fully saturated rings. The van der Waals surface area contributed by atoms with Gasteiger partial charge in [-0.1, -0.05) is 23.4 Å². The number of halogens is 1. The maximum Gasteiger partial charge on any atom is 0.246 e. The third kappa shape index (κ3) is 6.36. The average Bonchev–Trinajstić information content (AvgIpc) is 3.35. The SMILES string of the molecule is CCOC(C)c1noc(CNC(=NC)NCC(O)c2cc3ccccc3s2)n1.I. The Morgan fingerprint density at radius 2 is 2.14 bits per heavy atom. The van der Waals surface area contributed by atoms with E-state index in [9.17, 15) is 5.11 Å². The molecule has 29 heavy (non-hydrogen) atoms. The van der Waals surface area contributed by atoms with Gasteiger partial charge in [0.05, 0.1) is 6.54 Å². The van der Waals surface area contributed by atoms with Crippen LogP contribution in [0.25, 0.3) is 10.1 Å². The minimum atomic E-state index is -0.627. The van der Waals surface area contributed by atoms with Crippen molar-refractivity contribution in [3.8, 4) is 0 Å². The molecule has 0 amide bonds. The van der Waals surface area contributed by atoms with E-state index in [0.29, 0.717) is 37.4 Å². The maximum absolute atomic E-state index is 10.5. The molecule has 0 aliphatic rings. The van der Waals surface area contributed by atoms with Crippen LogP contribution in [-0.4, -0.2) is 41.4 Å². The predicted molar refractivity (Wildman–Crippen MR) is 125 cm³/mol. The summed E-state index contributed by atoms with van der Waals surface area (Å²) in [5.74, 6) is 1.49. The highest BCUT2D eigenvalue weighted by Gasteiger charge is 2.15. The number of aliphatic hydroxyl groups excluding tert-OH is 1. The van der Waals surface area contributed by atoms with E-state index in [2.05, 4.69) is 31.8 Å². The molecule has 2 aromatic heterocycles. The predicted octanol–water partition coefficient (Wildman–Crippen LogP) is 3.40. The standard InChI is InChI=1S/C19H25N5O3S.HI/c1-4-26-12(2)18-23-17(27-24-18)11-22-19(20-3)21-10-14(25)16-9-13-7-5-6-8-15(13)28-16;/h5-9,12,14,25H,4,10-11H2,1-3H3,(H2,20,21,22);1H. The second-order valence-corrected chi connectivity index (χ2v) is 7.27. The fourth-order valence-corrected chi connectivity index (χ4v) is 3.72. The number of aliphatic imine (C=N–C) groups is 1. The minimum absolute atomic E-state index is 0. The normalized spacial score (nSPS) is 13.7. The second-order valence-electron chi connectivity index (χ2n) is 6.15. The molecule has 8 nitrogen and oxygen atoms in total. The Kier molecular flexibility index (Phi) is 9.27. The van der Waals surface area contributed by atoms with E-state index in [-0.39, 0.29) is 30.1 Å². The molecule has 0 aliphatic carbocycles. The summed E-state index contributed by atoms with van der Waals surface area (Å²) >= 11 is 1.59. The van der Waals surface area contributed by atoms with Crippen molar-refractivity contribution in [2.75, 3.05) is 20.2 Å². The third-order valence-corrected chi connectivity index (χ3v) is 5.35. The van der Waals surface area contributed by atoms with Gasteiger partial charge in [-0.3, -0.25) is 4.99 Å². The van der Waals surface area contributed by atoms with Crippen LogP contribution >= 0.6 is 35.3 Å². The molecule has 0 aliphatic heterocycles. The van der Waals surface area contributed by atoms with Crippen molar-refractivity contribution in [3.05, 3.63) is 46.9 Å². The molecule has 158 valence electrons. The average molecular weight is 531 g/mol. The molecule has 0 saturated heterocycles. The summed E-state index contributed by atoms with van der Waals surface area (Å²) in [5, 5.41) is 21.7. The van der Waals surface area contributed by atoms with Gasteiger partial charge in [0, 0.05) is 29.8 Å². The molecular weight excluding hydrogens is 505 g/mol. The van der Waals surface area contributed by atoms with E-state index >= 15 is 0 Å². The first-order valence-corrected chi connectivity index (χ1v) is 9.97. The lowest BCUT2D eigenvalue weighted by atomic mass is 10.2. The number of benzene rings is 1. The highest BCUT2D eigenvalue weighted by Crippen LogP contribution is 2.29. The van der Waals surface area contributed by atoms with Crippen LogP contribution in [0.5, 0.6) is 0 Å². The molecular formula is C19H26IN5O3S. The van der Waals surface area contributed by atoms with Crippen molar-refractivity contribution in [1.29, 1.82) is 0 Å². The first-order chi connectivity index (χ1) is 13.6. The van der Waals surface area contributed by atoms with Crippen LogP contribution < -0.4 is 10.6 Å². The van der Waals surface area contributed by atoms with Gasteiger partial charge in [-0.2, -0.15) is 4.98 Å². The van der Waals surface area contributed by atoms with E-state index in [0.717, 1.165) is 15.0 Å². The Labute approximate surface area is 190 Å². The van der Waals surface area contributed by atoms with Gasteiger partial charge >= 0.3 is 0 Å². The molecule has 10 heteroatoms. The zero-order valence-electron chi connectivity index (χ0n) is 16.6. The summed E-state index contributed by atoms with van der Waals surface area (Å²) in [6.45, 7) is 5.04. The number of ether oxygens (including phenoxy) is 1. The first-order valence-electron chi connectivity index (χ1n) is 9.15. The van der Waals surface area contributed by atoms with Gasteiger partial charge in [0.1, 0.15) is 12.2 Å². The lowest BCUT2D eigenvalue weighted by Gasteiger charge is -2.13. The number of guanidine groups is 1. The monoisotopic (exact) mass is 531 g/mol. The number of fused-ring (bicyclic) bond motifs is 1. The smallest absolute Gasteiger partial charge is 0.246 e. The zero-order valence-corrected chi connectivity index (χ0v) is 19.7. The summed E-state index contributed by atoms with van der Waals surface area (Å²) in [7, 11) is 1.66. The van der Waals surface area contributed by atoms with E-state index in [1.54, 1.807) is 18.4 Å². The quantitative estimate of drug-likeness (QED) is 0.233. The lowest BCUT2D eigenvalue weighted by molar-refractivity contribution is 0.0683. The molecule has 2 atom stereocenters. The van der Waals surface area contributed by atoms with Gasteiger partial charge in [-0.25, -0.2) is 0 Å². The Morgan fingerprint density at radius 3 is 2.86 bits per heavy atom. The largest absolute Gasteiger partial charge is 0.386 e. The van der Waals surface area contributed by atoms with Crippen molar-refractivity contribution >= 4 is 51.4 Å². The van der Waals surface area contributed by atoms with Crippen molar-refractivity contribution in [2.24, 2.45) is 4.99 Å². The highest BCUT2D eigenvalue weighted by molar-refractivity contribution is 14.0. The van der Waals surface area contributed by atoms with Crippen molar-refractivity contribution in [3.63, 3.8) is 0 Å². The van der Waals surface area contributed by atoms with Gasteiger partial charge in [-0.15, -0.1) is 35.3 Å². The van der Waals surface area contributed by atoms with Crippen molar-refractivity contribution in [2.45, 2.75) is 32.6 Å². The Hall–Kier alpha value is -1.76. The van der Waals surface area contributed by atoms with E-state index in [1.165, 1.54) is 0 Å². The molecule has 2 unspecified atom stereocenters. The third-order valence-electron chi connectivity index (χ3n) is 4.13. The van der Waals surface area contributed by atoms with Crippen molar-refractivity contribution in [1.82, 2.24) is 20.8 Å². The van der Waals surface area contributed by atoms with Crippen LogP contribution in [0.15, 0.2) is 39.8 Å². The summed E-state index contributed by atoms with van der Waals surface area (Å²) in [4.78, 5) is 9.37. The van der Waals surface area contributed by atoms with Gasteiger partial charge in [0.25, 0.3) is 0 Å². The summed E-state index contributed by atoms with van der Waals surface area (Å²) in [5.41, 5.74) is 0. The van der Waals surface area contributed by atoms with Crippen LogP contribution in [0.1, 0.15) is 42.6 Å². The molecule has 3 aromatic rings. The molecule has 1 aromatic carbocycles. The highest BCUT2D eigenvalue weighted by atomic mass is 127. The van der Waals surface area contributed by atoms with Gasteiger partial charge in [-0.05, 0) is 31.4 Å². The van der Waals surface area contributed by atoms with E-state index < -0.39 is 6.10 Å². The zero-order chi connectivity index (χ0) is 19.9. The second kappa shape index (κ2) is 11.4. The summed E-state index contributed by atoms with van der Waals surface area (Å²) in [6, 6.07) is 10.1. The number of aromatic nitrogens is 2. The number of hydrogen-bond donors (Lipinski definition) is 3. The number of rotatable bonds is 8. The van der Waals surface area contributed by atoms with Gasteiger partial charge in [0.15, 0.2) is 11.8 Å². The fraction of sp³-hybridized carbons (Fsp3) is 0.421. The summed E-state index contributed by atoms with van der Waals surface area (Å²) < 4.78 is 11.8. The number of thiophene rings is 1. The number of aliphatic hydroxyl groups is 1. The van der Waals surface area contributed by atoms with Gasteiger partial charge in [0.2, 0.25) is 5.89 Å². The van der Waals surface area contributed by atoms with Crippen LogP contribution in [0, 0.1) is 0 Å². The van der Waals surface area contributed by atoms with Crippen LogP contribution in [0.4, 0.5) is 0 Å². The maximum atomic E-state index is 10.5. The Bertz CT molecular complexity index is 896. The van der Waals surface area contributed by atoms with Crippen molar-refractivity contribution < 1.29 is 14.4 Å². The van der Waals surface area contributed by atoms with Gasteiger partial charge < -0.3 is 25.0 Å². The minimum Gasteiger partial charge on any atom is -0.386 e. The Balaban J connectivity index is 0.00000300. The molecule has 0 saturated carbocycles. The van der Waals surface area contributed by atoms with Crippen LogP contribution in [0.2, 0.25) is 0 Å². The lowest BCUT2D eigenvalue weighted by Crippen LogP contribution is -2.39. The van der Waals surface area contributed by atoms with Crippen LogP contribution in [-0.2, 0) is 11.3 Å². The number of nitrogens with one attached hydrogen (secondary N) is 2. The topological polar surface area (TPSA) is 105 Å². The molecule has 0 spiro atoms. The summed E-state index contributed by atoms with van der Waals surface area (Å²) in [6.07, 6.45) is -0.839. The van der Waals surface area contributed by atoms with E-state index in [1.807, 2.05) is 38.1 Å². The first kappa shape index (κ1) is 23.5. The molecule has 0 bridgehead atoms. The molecule has 2 heterocycles. The molecule has 0 radical (unpaired) electrons. The van der Waals surface area contributed by atoms with E-state index in [4.69, 9.17) is 9.26 Å². The number of hydrogen-bond acceptors (Lipinski definition) is 7. The van der Waals surface area contributed by atoms with Crippen LogP contribution in [0.3, 0.4) is 0 Å². The Morgan fingerprint density at radius 1 is 1.34 bits per heavy atom. The number of nitrogens with zero attached hydrogens (tertiary/aromatic N) is 3. The molecule has 3 N–H and O–H groups in total. The fourth-order valence-electron chi connectivity index (χ4n) is 2.67. The molecule has 3 rings (SSSR count).